The Hall–Kier alpha value is -8.35. The van der Waals surface area contributed by atoms with Crippen molar-refractivity contribution in [3.05, 3.63) is 224 Å². The van der Waals surface area contributed by atoms with Gasteiger partial charge >= 0.3 is 0 Å². The summed E-state index contributed by atoms with van der Waals surface area (Å²) in [6, 6.07) is 74.0. The van der Waals surface area contributed by atoms with E-state index in [0.29, 0.717) is 6.67 Å². The Balaban J connectivity index is 1.04. The van der Waals surface area contributed by atoms with Gasteiger partial charge in [0.05, 0.1) is 17.4 Å². The van der Waals surface area contributed by atoms with Gasteiger partial charge in [0.15, 0.2) is 5.84 Å². The zero-order valence-corrected chi connectivity index (χ0v) is 34.8. The number of nitrogens with zero attached hydrogens (tertiary/aromatic N) is 6. The van der Waals surface area contributed by atoms with Crippen molar-refractivity contribution in [3.63, 3.8) is 0 Å². The second-order valence-electron chi connectivity index (χ2n) is 15.9. The van der Waals surface area contributed by atoms with E-state index in [1.165, 1.54) is 44.1 Å². The molecule has 0 spiro atoms. The van der Waals surface area contributed by atoms with Crippen molar-refractivity contribution in [2.45, 2.75) is 0 Å². The lowest BCUT2D eigenvalue weighted by Crippen LogP contribution is -2.22. The number of aromatic nitrogens is 2. The van der Waals surface area contributed by atoms with Crippen LogP contribution in [0.15, 0.2) is 229 Å². The molecular formula is C57H42N6. The molecule has 6 heteroatoms. The van der Waals surface area contributed by atoms with Gasteiger partial charge in [-0.25, -0.2) is 9.98 Å². The van der Waals surface area contributed by atoms with Gasteiger partial charge in [0.1, 0.15) is 6.67 Å². The van der Waals surface area contributed by atoms with E-state index >= 15 is 0 Å². The van der Waals surface area contributed by atoms with Crippen molar-refractivity contribution in [2.75, 3.05) is 18.6 Å². The van der Waals surface area contributed by atoms with Crippen molar-refractivity contribution in [1.82, 2.24) is 14.5 Å². The summed E-state index contributed by atoms with van der Waals surface area (Å²) >= 11 is 0. The molecule has 0 aliphatic carbocycles. The van der Waals surface area contributed by atoms with Crippen molar-refractivity contribution in [2.24, 2.45) is 9.98 Å². The first-order valence-corrected chi connectivity index (χ1v) is 21.2. The quantitative estimate of drug-likeness (QED) is 0.146. The summed E-state index contributed by atoms with van der Waals surface area (Å²) in [6.45, 7) is 0.591. The monoisotopic (exact) mass is 810 g/mol. The first kappa shape index (κ1) is 37.6. The molecule has 63 heavy (non-hydrogen) atoms. The Bertz CT molecular complexity index is 3270. The lowest BCUT2D eigenvalue weighted by atomic mass is 9.93. The molecule has 8 aromatic carbocycles. The molecule has 1 aliphatic rings. The summed E-state index contributed by atoms with van der Waals surface area (Å²) < 4.78 is 2.45. The highest BCUT2D eigenvalue weighted by atomic mass is 15.2. The summed E-state index contributed by atoms with van der Waals surface area (Å²) in [6.07, 6.45) is 5.54. The average molecular weight is 811 g/mol. The molecule has 11 rings (SSSR count). The average Bonchev–Trinajstić information content (AvgIpc) is 3.70. The second-order valence-corrected chi connectivity index (χ2v) is 15.9. The fraction of sp³-hybridized carbons (Fsp3) is 0.0351. The van der Waals surface area contributed by atoms with Crippen molar-refractivity contribution < 1.29 is 0 Å². The van der Waals surface area contributed by atoms with E-state index in [1.807, 2.05) is 30.5 Å². The van der Waals surface area contributed by atoms with Gasteiger partial charge in [-0.1, -0.05) is 127 Å². The summed E-state index contributed by atoms with van der Waals surface area (Å²) in [7, 11) is 1.97. The number of fused-ring (bicyclic) bond motifs is 3. The van der Waals surface area contributed by atoms with Crippen LogP contribution in [0.1, 0.15) is 5.56 Å². The van der Waals surface area contributed by atoms with Gasteiger partial charge in [0, 0.05) is 64.1 Å². The van der Waals surface area contributed by atoms with Crippen LogP contribution in [0.2, 0.25) is 0 Å². The Labute approximate surface area is 367 Å². The van der Waals surface area contributed by atoms with Gasteiger partial charge in [-0.2, -0.15) is 0 Å². The number of rotatable bonds is 9. The van der Waals surface area contributed by atoms with Crippen LogP contribution in [0.3, 0.4) is 0 Å². The van der Waals surface area contributed by atoms with Crippen LogP contribution in [0, 0.1) is 0 Å². The van der Waals surface area contributed by atoms with Crippen LogP contribution in [0.25, 0.3) is 72.0 Å². The van der Waals surface area contributed by atoms with E-state index in [9.17, 15) is 0 Å². The molecule has 1 aliphatic heterocycles. The molecule has 0 unspecified atom stereocenters. The second kappa shape index (κ2) is 16.3. The third kappa shape index (κ3) is 7.13. The molecule has 0 bridgehead atoms. The number of anilines is 3. The van der Waals surface area contributed by atoms with E-state index in [4.69, 9.17) is 0 Å². The smallest absolute Gasteiger partial charge is 0.158 e. The normalized spacial score (nSPS) is 12.5. The maximum absolute atomic E-state index is 4.66. The van der Waals surface area contributed by atoms with Crippen molar-refractivity contribution >= 4 is 51.0 Å². The molecule has 2 aromatic heterocycles. The largest absolute Gasteiger partial charge is 0.346 e. The fourth-order valence-electron chi connectivity index (χ4n) is 8.80. The molecule has 3 heterocycles. The first-order chi connectivity index (χ1) is 31.2. The van der Waals surface area contributed by atoms with E-state index in [2.05, 4.69) is 225 Å². The van der Waals surface area contributed by atoms with Gasteiger partial charge < -0.3 is 14.4 Å². The third-order valence-corrected chi connectivity index (χ3v) is 11.9. The molecule has 300 valence electrons. The standard InChI is InChI=1S/C57H42N6/c1-61-38-59-57(60-39-61)44-23-30-50(31-24-44)62(49-28-21-41(22-29-49)46-16-11-35-58-37-46)48-26-19-40(20-27-48)45-25-34-54-53(36-45)55-51(42-12-5-2-6-13-42)32-33-52(43-14-7-3-8-15-43)56(55)63(54)47-17-9-4-10-18-47/h2-38H,39H2,1H3. The number of aliphatic imine (C=N–C) groups is 2. The van der Waals surface area contributed by atoms with Crippen LogP contribution in [-0.4, -0.2) is 40.3 Å². The van der Waals surface area contributed by atoms with E-state index < -0.39 is 0 Å². The highest BCUT2D eigenvalue weighted by molar-refractivity contribution is 6.20. The molecule has 6 nitrogen and oxygen atoms in total. The molecule has 0 atom stereocenters. The molecule has 0 saturated heterocycles. The zero-order chi connectivity index (χ0) is 42.1. The van der Waals surface area contributed by atoms with Crippen LogP contribution < -0.4 is 4.90 Å². The summed E-state index contributed by atoms with van der Waals surface area (Å²) in [5.41, 5.74) is 16.9. The van der Waals surface area contributed by atoms with Gasteiger partial charge in [-0.15, -0.1) is 0 Å². The number of para-hydroxylation sites is 1. The third-order valence-electron chi connectivity index (χ3n) is 11.9. The number of amidine groups is 1. The van der Waals surface area contributed by atoms with Crippen LogP contribution in [0.5, 0.6) is 0 Å². The maximum Gasteiger partial charge on any atom is 0.158 e. The van der Waals surface area contributed by atoms with Crippen molar-refractivity contribution in [1.29, 1.82) is 0 Å². The molecule has 0 fully saturated rings. The Morgan fingerprint density at radius 2 is 1.02 bits per heavy atom. The van der Waals surface area contributed by atoms with E-state index in [-0.39, 0.29) is 0 Å². The van der Waals surface area contributed by atoms with Crippen molar-refractivity contribution in [3.8, 4) is 50.2 Å². The van der Waals surface area contributed by atoms with E-state index in [1.54, 1.807) is 6.20 Å². The minimum Gasteiger partial charge on any atom is -0.346 e. The topological polar surface area (TPSA) is 49.0 Å². The minimum atomic E-state index is 0.591. The minimum absolute atomic E-state index is 0.591. The van der Waals surface area contributed by atoms with Crippen LogP contribution in [-0.2, 0) is 0 Å². The van der Waals surface area contributed by atoms with Gasteiger partial charge in [0.2, 0.25) is 0 Å². The highest BCUT2D eigenvalue weighted by Gasteiger charge is 2.21. The molecule has 0 amide bonds. The highest BCUT2D eigenvalue weighted by Crippen LogP contribution is 2.45. The van der Waals surface area contributed by atoms with Gasteiger partial charge in [0.25, 0.3) is 0 Å². The van der Waals surface area contributed by atoms with E-state index in [0.717, 1.165) is 56.4 Å². The van der Waals surface area contributed by atoms with Crippen LogP contribution in [0.4, 0.5) is 17.1 Å². The number of pyridine rings is 1. The summed E-state index contributed by atoms with van der Waals surface area (Å²) in [5, 5.41) is 2.45. The molecule has 0 radical (unpaired) electrons. The van der Waals surface area contributed by atoms with Gasteiger partial charge in [-0.3, -0.25) is 4.98 Å². The molecular weight excluding hydrogens is 769 g/mol. The zero-order valence-electron chi connectivity index (χ0n) is 34.8. The number of hydrogen-bond acceptors (Lipinski definition) is 5. The summed E-state index contributed by atoms with van der Waals surface area (Å²) in [5.74, 6) is 0.743. The number of hydrogen-bond donors (Lipinski definition) is 0. The molecule has 10 aromatic rings. The molecule has 0 saturated carbocycles. The SMILES string of the molecule is CN1C=NC(c2ccc(N(c3ccc(-c4cccnc4)cc3)c3ccc(-c4ccc5c(c4)c4c(-c6ccccc6)ccc(-c6ccccc6)c4n5-c4ccccc4)cc3)cc2)=NC1. The molecule has 0 N–H and O–H groups in total. The Morgan fingerprint density at radius 3 is 1.60 bits per heavy atom. The maximum atomic E-state index is 4.66. The number of benzene rings is 8. The Kier molecular flexibility index (Phi) is 9.71. The lowest BCUT2D eigenvalue weighted by Gasteiger charge is -2.26. The Morgan fingerprint density at radius 1 is 0.476 bits per heavy atom. The first-order valence-electron chi connectivity index (χ1n) is 21.2. The fourth-order valence-corrected chi connectivity index (χ4v) is 8.80. The predicted molar refractivity (Wildman–Crippen MR) is 263 cm³/mol. The summed E-state index contributed by atoms with van der Waals surface area (Å²) in [4.78, 5) is 17.8. The lowest BCUT2D eigenvalue weighted by molar-refractivity contribution is 0.532. The van der Waals surface area contributed by atoms with Gasteiger partial charge in [-0.05, 0) is 118 Å². The predicted octanol–water partition coefficient (Wildman–Crippen LogP) is 14.0. The van der Waals surface area contributed by atoms with Crippen LogP contribution >= 0.6 is 0 Å².